The Morgan fingerprint density at radius 1 is 0.677 bits per heavy atom. The number of aliphatic hydroxyl groups is 1. The number of amides is 2. The van der Waals surface area contributed by atoms with Crippen LogP contribution in [0.25, 0.3) is 0 Å². The fourth-order valence-electron chi connectivity index (χ4n) is 0.813. The van der Waals surface area contributed by atoms with Crippen LogP contribution in [0.1, 0.15) is 58.4 Å². The highest BCUT2D eigenvalue weighted by Gasteiger charge is 2.06. The van der Waals surface area contributed by atoms with E-state index in [9.17, 15) is 9.59 Å². The molecule has 2 amide bonds. The van der Waals surface area contributed by atoms with E-state index in [-0.39, 0.29) is 66.8 Å². The van der Waals surface area contributed by atoms with Gasteiger partial charge in [0.05, 0.1) is 17.6 Å². The second-order valence-corrected chi connectivity index (χ2v) is 16.6. The van der Waals surface area contributed by atoms with Crippen molar-refractivity contribution in [2.75, 3.05) is 25.7 Å². The lowest BCUT2D eigenvalue weighted by molar-refractivity contribution is 0.0254. The van der Waals surface area contributed by atoms with Crippen molar-refractivity contribution in [2.24, 2.45) is 0 Å². The van der Waals surface area contributed by atoms with Crippen molar-refractivity contribution in [3.05, 3.63) is 0 Å². The molecule has 0 unspecified atom stereocenters. The van der Waals surface area contributed by atoms with Crippen LogP contribution < -0.4 is 10.6 Å². The zero-order chi connectivity index (χ0) is 20.3. The highest BCUT2D eigenvalue weighted by molar-refractivity contribution is 6.56. The van der Waals surface area contributed by atoms with E-state index >= 15 is 0 Å². The highest BCUT2D eigenvalue weighted by Crippen LogP contribution is 1.85. The Balaban J connectivity index is -0.0000000430. The van der Waals surface area contributed by atoms with E-state index in [1.807, 2.05) is 0 Å². The third kappa shape index (κ3) is 73.1. The van der Waals surface area contributed by atoms with Crippen LogP contribution in [0.4, 0.5) is 9.59 Å². The molecule has 200 valence electrons. The zero-order valence-corrected chi connectivity index (χ0v) is 20.8. The molecule has 0 aromatic heterocycles. The third-order valence-electron chi connectivity index (χ3n) is 2.51. The second-order valence-electron chi connectivity index (χ2n) is 6.65. The van der Waals surface area contributed by atoms with Gasteiger partial charge in [-0.05, 0) is 6.92 Å². The summed E-state index contributed by atoms with van der Waals surface area (Å²) in [5.41, 5.74) is 0. The number of ether oxygens (including phenoxy) is 2. The first-order valence-electron chi connectivity index (χ1n) is 9.02. The minimum Gasteiger partial charge on any atom is -0.412 e. The zero-order valence-electron chi connectivity index (χ0n) is 17.3. The Kier molecular flexibility index (Phi) is 79.6. The van der Waals surface area contributed by atoms with Crippen LogP contribution in [0.3, 0.4) is 0 Å². The van der Waals surface area contributed by atoms with Gasteiger partial charge in [-0.1, -0.05) is 96.8 Å². The molecule has 7 nitrogen and oxygen atoms in total. The molecule has 0 saturated heterocycles. The summed E-state index contributed by atoms with van der Waals surface area (Å²) in [5.74, 6) is 0. The summed E-state index contributed by atoms with van der Waals surface area (Å²) in [5, 5.41) is 12.8. The van der Waals surface area contributed by atoms with Crippen molar-refractivity contribution >= 4 is 38.6 Å². The summed E-state index contributed by atoms with van der Waals surface area (Å²) >= 11 is 0. The molecule has 0 atom stereocenters. The van der Waals surface area contributed by atoms with Gasteiger partial charge in [-0.2, -0.15) is 0 Å². The fraction of sp³-hybridized carbons (Fsp3) is 0.905. The number of aliphatic hydroxyl groups excluding tert-OH is 1. The van der Waals surface area contributed by atoms with Gasteiger partial charge in [0.15, 0.2) is 0 Å². The summed E-state index contributed by atoms with van der Waals surface area (Å²) in [6, 6.07) is 1.44. The summed E-state index contributed by atoms with van der Waals surface area (Å²) in [7, 11) is -1.81. The van der Waals surface area contributed by atoms with Crippen molar-refractivity contribution in [1.29, 1.82) is 0 Å². The van der Waals surface area contributed by atoms with Gasteiger partial charge in [-0.3, -0.25) is 0 Å². The van der Waals surface area contributed by atoms with E-state index in [2.05, 4.69) is 66.3 Å². The van der Waals surface area contributed by atoms with Gasteiger partial charge < -0.3 is 25.2 Å². The lowest BCUT2D eigenvalue weighted by atomic mass is 10.9. The first-order valence-corrected chi connectivity index (χ1v) is 18.4. The minimum absolute atomic E-state index is 0. The highest BCUT2D eigenvalue weighted by atomic mass is 28.3. The van der Waals surface area contributed by atoms with Crippen molar-refractivity contribution in [2.45, 2.75) is 104 Å². The predicted octanol–water partition coefficient (Wildman–Crippen LogP) is 5.76. The third-order valence-corrected chi connectivity index (χ3v) is 6.18. The Hall–Kier alpha value is -0.849. The maximum Gasteiger partial charge on any atom is 0.409 e. The first-order chi connectivity index (χ1) is 11.6. The van der Waals surface area contributed by atoms with Crippen molar-refractivity contribution in [1.82, 2.24) is 10.6 Å². The number of hydrogen-bond donors (Lipinski definition) is 3. The van der Waals surface area contributed by atoms with Gasteiger partial charge in [0, 0.05) is 27.7 Å². The number of carbonyl (C=O) groups is 2. The van der Waals surface area contributed by atoms with E-state index in [0.717, 1.165) is 0 Å². The van der Waals surface area contributed by atoms with E-state index in [4.69, 9.17) is 5.11 Å². The topological polar surface area (TPSA) is 96.9 Å². The molecule has 0 fully saturated rings. The van der Waals surface area contributed by atoms with Crippen LogP contribution in [0, 0.1) is 0 Å². The maximum atomic E-state index is 11.1. The van der Waals surface area contributed by atoms with Gasteiger partial charge in [0.2, 0.25) is 6.79 Å². The van der Waals surface area contributed by atoms with E-state index < -0.39 is 29.8 Å². The number of rotatable bonds is 7. The standard InChI is InChI=1S/C9H22N2O4Si2.C4H12Si.C2H6O.6CH4/c1-16(2)5-10-8(12)14-7-15-9(13)11-6-17(3)4;1-4-5(2)3;1-2-3;;;;;;/h16-17H,5-7H2,1-4H3,(H,10,12)(H,11,13);5H,4H2,1-3H3;3H,2H2,1H3;6*1H4. The van der Waals surface area contributed by atoms with Crippen molar-refractivity contribution < 1.29 is 24.2 Å². The second kappa shape index (κ2) is 43.1. The average molecular weight is 509 g/mol. The van der Waals surface area contributed by atoms with Gasteiger partial charge >= 0.3 is 12.2 Å². The number of hydrogen-bond acceptors (Lipinski definition) is 5. The van der Waals surface area contributed by atoms with Gasteiger partial charge in [0.1, 0.15) is 0 Å². The molecule has 0 rings (SSSR count). The van der Waals surface area contributed by atoms with Crippen LogP contribution in [0.15, 0.2) is 0 Å². The monoisotopic (exact) mass is 508 g/mol. The predicted molar refractivity (Wildman–Crippen MR) is 154 cm³/mol. The van der Waals surface area contributed by atoms with Gasteiger partial charge in [0.25, 0.3) is 0 Å². The van der Waals surface area contributed by atoms with E-state index in [1.54, 1.807) is 6.92 Å². The van der Waals surface area contributed by atoms with Gasteiger partial charge in [-0.15, -0.1) is 0 Å². The molecule has 0 spiro atoms. The summed E-state index contributed by atoms with van der Waals surface area (Å²) < 4.78 is 9.34. The SMILES string of the molecule is C.C.C.C.C.C.CCO.CC[SiH](C)C.C[SiH](C)CNC(=O)OCOC(=O)NC[SiH](C)C. The number of nitrogens with one attached hydrogen (secondary N) is 2. The molecule has 0 radical (unpaired) electrons. The summed E-state index contributed by atoms with van der Waals surface area (Å²) in [4.78, 5) is 22.2. The molecular weight excluding hydrogens is 444 g/mol. The molecular formula is C21H64N2O5Si3. The molecule has 0 aromatic carbocycles. The van der Waals surface area contributed by atoms with Crippen LogP contribution in [0.2, 0.25) is 45.3 Å². The molecule has 0 aliphatic rings. The molecule has 0 aromatic rings. The minimum atomic E-state index is -0.830. The smallest absolute Gasteiger partial charge is 0.409 e. The van der Waals surface area contributed by atoms with Crippen LogP contribution in [-0.4, -0.2) is 69.4 Å². The molecule has 31 heavy (non-hydrogen) atoms. The Labute approximate surface area is 202 Å². The molecule has 0 heterocycles. The van der Waals surface area contributed by atoms with Crippen molar-refractivity contribution in [3.63, 3.8) is 0 Å². The maximum absolute atomic E-state index is 11.1. The molecule has 0 aliphatic heterocycles. The number of alkyl carbamates (subject to hydrolysis) is 2. The van der Waals surface area contributed by atoms with Crippen LogP contribution >= 0.6 is 0 Å². The summed E-state index contributed by atoms with van der Waals surface area (Å²) in [6.45, 7) is 17.0. The Bertz CT molecular complexity index is 299. The van der Waals surface area contributed by atoms with E-state index in [0.29, 0.717) is 12.3 Å². The molecule has 0 saturated carbocycles. The lowest BCUT2D eigenvalue weighted by Crippen LogP contribution is -2.35. The van der Waals surface area contributed by atoms with Gasteiger partial charge in [-0.25, -0.2) is 9.59 Å². The average Bonchev–Trinajstić information content (AvgIpc) is 2.52. The van der Waals surface area contributed by atoms with E-state index in [1.165, 1.54) is 6.04 Å². The molecule has 10 heteroatoms. The normalized spacial score (nSPS) is 7.74. The van der Waals surface area contributed by atoms with Crippen LogP contribution in [-0.2, 0) is 9.47 Å². The molecule has 0 bridgehead atoms. The largest absolute Gasteiger partial charge is 0.412 e. The first kappa shape index (κ1) is 57.3. The summed E-state index contributed by atoms with van der Waals surface area (Å²) in [6.07, 6.45) is 0.253. The quantitative estimate of drug-likeness (QED) is 0.300. The van der Waals surface area contributed by atoms with Crippen molar-refractivity contribution in [3.8, 4) is 0 Å². The Morgan fingerprint density at radius 3 is 1.06 bits per heavy atom. The number of carbonyl (C=O) groups excluding carboxylic acids is 2. The Morgan fingerprint density at radius 2 is 0.903 bits per heavy atom. The molecule has 3 N–H and O–H groups in total. The lowest BCUT2D eigenvalue weighted by Gasteiger charge is -2.10. The fourth-order valence-corrected chi connectivity index (χ4v) is 1.96. The van der Waals surface area contributed by atoms with Crippen LogP contribution in [0.5, 0.6) is 0 Å². The molecule has 0 aliphatic carbocycles.